The van der Waals surface area contributed by atoms with E-state index in [-0.39, 0.29) is 5.56 Å². The molecule has 2 rings (SSSR count). The monoisotopic (exact) mass is 294 g/mol. The van der Waals surface area contributed by atoms with Crippen molar-refractivity contribution >= 4 is 0 Å². The number of alkyl halides is 2. The summed E-state index contributed by atoms with van der Waals surface area (Å²) in [5.74, 6) is 0. The molecule has 2 aromatic rings. The third-order valence-electron chi connectivity index (χ3n) is 3.68. The van der Waals surface area contributed by atoms with Crippen molar-refractivity contribution in [3.05, 3.63) is 53.3 Å². The first kappa shape index (κ1) is 15.6. The van der Waals surface area contributed by atoms with Crippen molar-refractivity contribution in [3.8, 4) is 0 Å². The first-order chi connectivity index (χ1) is 10.0. The number of aliphatic hydroxyl groups is 1. The molecule has 2 unspecified atom stereocenters. The van der Waals surface area contributed by atoms with Gasteiger partial charge in [-0.2, -0.15) is 5.10 Å². The highest BCUT2D eigenvalue weighted by atomic mass is 19.3. The van der Waals surface area contributed by atoms with E-state index in [1.807, 2.05) is 16.9 Å². The Hall–Kier alpha value is -1.75. The molecule has 5 heteroatoms. The summed E-state index contributed by atoms with van der Waals surface area (Å²) in [6.07, 6.45) is 0.0335. The Kier molecular flexibility index (Phi) is 5.07. The van der Waals surface area contributed by atoms with Crippen molar-refractivity contribution in [1.82, 2.24) is 9.78 Å². The second kappa shape index (κ2) is 6.80. The third kappa shape index (κ3) is 3.88. The summed E-state index contributed by atoms with van der Waals surface area (Å²) in [6.45, 7) is 4.17. The molecule has 0 saturated heterocycles. The summed E-state index contributed by atoms with van der Waals surface area (Å²) in [6, 6.07) is 7.97. The fraction of sp³-hybridized carbons (Fsp3) is 0.438. The van der Waals surface area contributed by atoms with Gasteiger partial charge >= 0.3 is 0 Å². The summed E-state index contributed by atoms with van der Waals surface area (Å²) in [4.78, 5) is 0. The summed E-state index contributed by atoms with van der Waals surface area (Å²) in [5, 5.41) is 14.6. The second-order valence-corrected chi connectivity index (χ2v) is 5.23. The number of rotatable bonds is 6. The Labute approximate surface area is 123 Å². The molecule has 114 valence electrons. The van der Waals surface area contributed by atoms with Crippen LogP contribution in [0.25, 0.3) is 0 Å². The van der Waals surface area contributed by atoms with Gasteiger partial charge < -0.3 is 5.11 Å². The Balaban J connectivity index is 2.03. The molecule has 21 heavy (non-hydrogen) atoms. The van der Waals surface area contributed by atoms with Gasteiger partial charge in [0.1, 0.15) is 0 Å². The van der Waals surface area contributed by atoms with Crippen molar-refractivity contribution in [2.75, 3.05) is 0 Å². The van der Waals surface area contributed by atoms with Gasteiger partial charge in [-0.3, -0.25) is 4.68 Å². The topological polar surface area (TPSA) is 38.0 Å². The lowest BCUT2D eigenvalue weighted by atomic mass is 10.0. The molecule has 0 radical (unpaired) electrons. The maximum absolute atomic E-state index is 12.5. The quantitative estimate of drug-likeness (QED) is 0.872. The minimum atomic E-state index is -2.48. The molecule has 1 heterocycles. The number of hydrogen-bond acceptors (Lipinski definition) is 2. The number of nitrogens with zero attached hydrogens (tertiary/aromatic N) is 2. The van der Waals surface area contributed by atoms with Crippen molar-refractivity contribution in [1.29, 1.82) is 0 Å². The second-order valence-electron chi connectivity index (χ2n) is 5.23. The van der Waals surface area contributed by atoms with Crippen LogP contribution in [0.4, 0.5) is 8.78 Å². The van der Waals surface area contributed by atoms with Crippen molar-refractivity contribution < 1.29 is 13.9 Å². The summed E-state index contributed by atoms with van der Waals surface area (Å²) in [7, 11) is 0. The molecule has 1 aromatic heterocycles. The highest BCUT2D eigenvalue weighted by Gasteiger charge is 2.13. The predicted molar refractivity (Wildman–Crippen MR) is 77.3 cm³/mol. The van der Waals surface area contributed by atoms with Crippen LogP contribution < -0.4 is 0 Å². The number of hydrogen-bond donors (Lipinski definition) is 1. The number of aliphatic hydroxyl groups excluding tert-OH is 1. The summed E-state index contributed by atoms with van der Waals surface area (Å²) < 4.78 is 26.8. The van der Waals surface area contributed by atoms with Crippen molar-refractivity contribution in [3.63, 3.8) is 0 Å². The number of benzene rings is 1. The van der Waals surface area contributed by atoms with Crippen LogP contribution in [0.1, 0.15) is 55.7 Å². The van der Waals surface area contributed by atoms with Crippen LogP contribution in [-0.4, -0.2) is 14.9 Å². The molecule has 0 saturated carbocycles. The van der Waals surface area contributed by atoms with E-state index in [0.717, 1.165) is 12.1 Å². The van der Waals surface area contributed by atoms with Gasteiger partial charge in [0.15, 0.2) is 0 Å². The lowest BCUT2D eigenvalue weighted by molar-refractivity contribution is 0.150. The molecule has 1 aromatic carbocycles. The molecule has 0 bridgehead atoms. The molecule has 0 amide bonds. The van der Waals surface area contributed by atoms with Gasteiger partial charge in [0.2, 0.25) is 0 Å². The van der Waals surface area contributed by atoms with Gasteiger partial charge in [-0.15, -0.1) is 0 Å². The fourth-order valence-corrected chi connectivity index (χ4v) is 2.10. The van der Waals surface area contributed by atoms with E-state index in [9.17, 15) is 13.9 Å². The van der Waals surface area contributed by atoms with Crippen LogP contribution in [0.3, 0.4) is 0 Å². The predicted octanol–water partition coefficient (Wildman–Crippen LogP) is 4.07. The van der Waals surface area contributed by atoms with E-state index in [1.165, 1.54) is 24.3 Å². The van der Waals surface area contributed by atoms with Gasteiger partial charge in [0, 0.05) is 24.2 Å². The maximum atomic E-state index is 12.5. The molecule has 0 fully saturated rings. The zero-order valence-corrected chi connectivity index (χ0v) is 12.2. The lowest BCUT2D eigenvalue weighted by Gasteiger charge is -2.11. The van der Waals surface area contributed by atoms with Crippen LogP contribution in [0.5, 0.6) is 0 Å². The van der Waals surface area contributed by atoms with Crippen molar-refractivity contribution in [2.45, 2.75) is 45.3 Å². The van der Waals surface area contributed by atoms with Gasteiger partial charge in [0.05, 0.1) is 11.8 Å². The van der Waals surface area contributed by atoms with E-state index >= 15 is 0 Å². The Morgan fingerprint density at radius 2 is 1.76 bits per heavy atom. The Morgan fingerprint density at radius 1 is 1.14 bits per heavy atom. The molecular formula is C16H20F2N2O. The molecule has 0 spiro atoms. The third-order valence-corrected chi connectivity index (χ3v) is 3.68. The molecule has 0 aliphatic heterocycles. The minimum Gasteiger partial charge on any atom is -0.388 e. The van der Waals surface area contributed by atoms with E-state index in [2.05, 4.69) is 18.9 Å². The molecule has 1 N–H and O–H groups in total. The first-order valence-electron chi connectivity index (χ1n) is 7.11. The molecular weight excluding hydrogens is 274 g/mol. The average Bonchev–Trinajstić information content (AvgIpc) is 2.95. The Morgan fingerprint density at radius 3 is 2.33 bits per heavy atom. The smallest absolute Gasteiger partial charge is 0.263 e. The first-order valence-corrected chi connectivity index (χ1v) is 7.11. The van der Waals surface area contributed by atoms with Crippen LogP contribution in [0.15, 0.2) is 36.5 Å². The molecule has 0 aliphatic rings. The minimum absolute atomic E-state index is 0.0352. The van der Waals surface area contributed by atoms with Crippen LogP contribution >= 0.6 is 0 Å². The Bertz CT molecular complexity index is 566. The number of halogens is 2. The zero-order chi connectivity index (χ0) is 15.4. The van der Waals surface area contributed by atoms with E-state index < -0.39 is 12.5 Å². The largest absolute Gasteiger partial charge is 0.388 e. The highest BCUT2D eigenvalue weighted by Crippen LogP contribution is 2.23. The normalized spacial score (nSPS) is 14.4. The van der Waals surface area contributed by atoms with Crippen LogP contribution in [0.2, 0.25) is 0 Å². The number of aromatic nitrogens is 2. The standard InChI is InChI=1S/C16H20F2N2O/c1-3-11(2)20-9-8-14(19-20)10-15(21)12-4-6-13(7-5-12)16(17)18/h4-9,11,15-16,21H,3,10H2,1-2H3. The molecule has 0 aliphatic carbocycles. The van der Waals surface area contributed by atoms with Crippen LogP contribution in [-0.2, 0) is 6.42 Å². The van der Waals surface area contributed by atoms with Gasteiger partial charge in [-0.1, -0.05) is 31.2 Å². The maximum Gasteiger partial charge on any atom is 0.263 e. The van der Waals surface area contributed by atoms with Crippen LogP contribution in [0, 0.1) is 0 Å². The molecule has 2 atom stereocenters. The van der Waals surface area contributed by atoms with Crippen molar-refractivity contribution in [2.24, 2.45) is 0 Å². The van der Waals surface area contributed by atoms with Gasteiger partial charge in [-0.25, -0.2) is 8.78 Å². The average molecular weight is 294 g/mol. The molecule has 3 nitrogen and oxygen atoms in total. The van der Waals surface area contributed by atoms with E-state index in [4.69, 9.17) is 0 Å². The highest BCUT2D eigenvalue weighted by molar-refractivity contribution is 5.25. The summed E-state index contributed by atoms with van der Waals surface area (Å²) >= 11 is 0. The SMILES string of the molecule is CCC(C)n1ccc(CC(O)c2ccc(C(F)F)cc2)n1. The fourth-order valence-electron chi connectivity index (χ4n) is 2.10. The lowest BCUT2D eigenvalue weighted by Crippen LogP contribution is -2.07. The van der Waals surface area contributed by atoms with Gasteiger partial charge in [-0.05, 0) is 25.0 Å². The van der Waals surface area contributed by atoms with E-state index in [0.29, 0.717) is 18.0 Å². The van der Waals surface area contributed by atoms with Gasteiger partial charge in [0.25, 0.3) is 6.43 Å². The van der Waals surface area contributed by atoms with E-state index in [1.54, 1.807) is 0 Å². The zero-order valence-electron chi connectivity index (χ0n) is 12.2. The summed E-state index contributed by atoms with van der Waals surface area (Å²) in [5.41, 5.74) is 1.38.